The third-order valence-electron chi connectivity index (χ3n) is 2.96. The fourth-order valence-electron chi connectivity index (χ4n) is 1.84. The molecule has 1 aromatic rings. The lowest BCUT2D eigenvalue weighted by atomic mass is 10.1. The fourth-order valence-corrected chi connectivity index (χ4v) is 1.84. The van der Waals surface area contributed by atoms with E-state index < -0.39 is 18.1 Å². The van der Waals surface area contributed by atoms with Crippen molar-refractivity contribution in [2.75, 3.05) is 13.7 Å². The van der Waals surface area contributed by atoms with Crippen molar-refractivity contribution in [3.05, 3.63) is 34.6 Å². The molecule has 0 spiro atoms. The van der Waals surface area contributed by atoms with Crippen LogP contribution in [0.5, 0.6) is 0 Å². The molecule has 0 aliphatic rings. The molecule has 1 atom stereocenters. The van der Waals surface area contributed by atoms with Gasteiger partial charge < -0.3 is 20.5 Å². The number of hydrogen-bond acceptors (Lipinski definition) is 3. The van der Waals surface area contributed by atoms with E-state index in [2.05, 4.69) is 15.4 Å². The summed E-state index contributed by atoms with van der Waals surface area (Å²) in [6, 6.07) is 2.79. The number of rotatable bonds is 6. The van der Waals surface area contributed by atoms with E-state index in [9.17, 15) is 14.0 Å². The van der Waals surface area contributed by atoms with E-state index in [1.807, 2.05) is 0 Å². The van der Waals surface area contributed by atoms with Crippen molar-refractivity contribution >= 4 is 12.0 Å². The molecule has 0 aromatic heterocycles. The monoisotopic (exact) mass is 298 g/mol. The second-order valence-corrected chi connectivity index (χ2v) is 4.67. The van der Waals surface area contributed by atoms with Gasteiger partial charge in [-0.3, -0.25) is 0 Å². The maximum absolute atomic E-state index is 13.5. The SMILES string of the molecule is COC(CNC(=O)NCc1cc(C)c(F)c(C)c1)C(=O)O. The molecule has 0 fully saturated rings. The van der Waals surface area contributed by atoms with Gasteiger partial charge in [-0.15, -0.1) is 0 Å². The second kappa shape index (κ2) is 7.58. The van der Waals surface area contributed by atoms with E-state index >= 15 is 0 Å². The zero-order valence-corrected chi connectivity index (χ0v) is 12.2. The minimum atomic E-state index is -1.15. The Morgan fingerprint density at radius 3 is 2.33 bits per heavy atom. The van der Waals surface area contributed by atoms with Gasteiger partial charge in [0.15, 0.2) is 6.10 Å². The lowest BCUT2D eigenvalue weighted by Crippen LogP contribution is -2.42. The number of urea groups is 1. The van der Waals surface area contributed by atoms with Gasteiger partial charge in [0, 0.05) is 13.7 Å². The molecule has 0 bridgehead atoms. The van der Waals surface area contributed by atoms with Crippen LogP contribution in [0.4, 0.5) is 9.18 Å². The van der Waals surface area contributed by atoms with Gasteiger partial charge in [0.1, 0.15) is 5.82 Å². The Bertz CT molecular complexity index is 511. The minimum Gasteiger partial charge on any atom is -0.479 e. The molecule has 1 rings (SSSR count). The van der Waals surface area contributed by atoms with Crippen molar-refractivity contribution in [2.24, 2.45) is 0 Å². The molecule has 0 aliphatic heterocycles. The van der Waals surface area contributed by atoms with Crippen molar-refractivity contribution in [3.63, 3.8) is 0 Å². The van der Waals surface area contributed by atoms with Crippen LogP contribution in [0.2, 0.25) is 0 Å². The standard InChI is InChI=1S/C14H19FN2O4/c1-8-4-10(5-9(2)12(8)15)6-16-14(20)17-7-11(21-3)13(18)19/h4-5,11H,6-7H2,1-3H3,(H,18,19)(H2,16,17,20). The van der Waals surface area contributed by atoms with Crippen LogP contribution in [0.15, 0.2) is 12.1 Å². The van der Waals surface area contributed by atoms with Crippen LogP contribution in [0.25, 0.3) is 0 Å². The summed E-state index contributed by atoms with van der Waals surface area (Å²) in [5.74, 6) is -1.41. The first kappa shape index (κ1) is 16.9. The number of carbonyl (C=O) groups is 2. The van der Waals surface area contributed by atoms with Gasteiger partial charge in [0.05, 0.1) is 6.54 Å². The Kier molecular flexibility index (Phi) is 6.10. The van der Waals surface area contributed by atoms with Gasteiger partial charge in [-0.25, -0.2) is 14.0 Å². The first-order chi connectivity index (χ1) is 9.85. The molecule has 116 valence electrons. The van der Waals surface area contributed by atoms with Crippen molar-refractivity contribution in [2.45, 2.75) is 26.5 Å². The average molecular weight is 298 g/mol. The third kappa shape index (κ3) is 5.03. The number of methoxy groups -OCH3 is 1. The largest absolute Gasteiger partial charge is 0.479 e. The molecule has 2 amide bonds. The zero-order chi connectivity index (χ0) is 16.0. The van der Waals surface area contributed by atoms with E-state index in [1.165, 1.54) is 7.11 Å². The summed E-state index contributed by atoms with van der Waals surface area (Å²) in [5.41, 5.74) is 1.79. The molecule has 0 saturated heterocycles. The second-order valence-electron chi connectivity index (χ2n) is 4.67. The Morgan fingerprint density at radius 1 is 1.29 bits per heavy atom. The Morgan fingerprint density at radius 2 is 1.86 bits per heavy atom. The predicted octanol–water partition coefficient (Wildman–Crippen LogP) is 1.34. The third-order valence-corrected chi connectivity index (χ3v) is 2.96. The minimum absolute atomic E-state index is 0.140. The number of benzene rings is 1. The first-order valence-electron chi connectivity index (χ1n) is 6.38. The molecular weight excluding hydrogens is 279 g/mol. The molecule has 7 heteroatoms. The highest BCUT2D eigenvalue weighted by atomic mass is 19.1. The lowest BCUT2D eigenvalue weighted by molar-refractivity contribution is -0.147. The number of carboxylic acid groups (broad SMARTS) is 1. The van der Waals surface area contributed by atoms with E-state index in [0.717, 1.165) is 5.56 Å². The Hall–Kier alpha value is -2.15. The molecule has 0 aliphatic carbocycles. The van der Waals surface area contributed by atoms with Crippen LogP contribution in [0.1, 0.15) is 16.7 Å². The molecular formula is C14H19FN2O4. The Labute approximate surface area is 122 Å². The molecule has 21 heavy (non-hydrogen) atoms. The van der Waals surface area contributed by atoms with Crippen molar-refractivity contribution in [1.29, 1.82) is 0 Å². The number of aryl methyl sites for hydroxylation is 2. The van der Waals surface area contributed by atoms with Crippen molar-refractivity contribution in [3.8, 4) is 0 Å². The van der Waals surface area contributed by atoms with Gasteiger partial charge in [-0.1, -0.05) is 12.1 Å². The van der Waals surface area contributed by atoms with E-state index in [1.54, 1.807) is 26.0 Å². The lowest BCUT2D eigenvalue weighted by Gasteiger charge is -2.13. The van der Waals surface area contributed by atoms with Gasteiger partial charge in [-0.05, 0) is 30.5 Å². The molecule has 1 unspecified atom stereocenters. The van der Waals surface area contributed by atoms with Crippen molar-refractivity contribution < 1.29 is 23.8 Å². The summed E-state index contributed by atoms with van der Waals surface area (Å²) in [5, 5.41) is 13.7. The number of ether oxygens (including phenoxy) is 1. The highest BCUT2D eigenvalue weighted by Crippen LogP contribution is 2.14. The summed E-state index contributed by atoms with van der Waals surface area (Å²) in [4.78, 5) is 22.2. The maximum atomic E-state index is 13.5. The zero-order valence-electron chi connectivity index (χ0n) is 12.2. The van der Waals surface area contributed by atoms with E-state index in [0.29, 0.717) is 11.1 Å². The fraction of sp³-hybridized carbons (Fsp3) is 0.429. The molecule has 3 N–H and O–H groups in total. The topological polar surface area (TPSA) is 87.7 Å². The van der Waals surface area contributed by atoms with Crippen LogP contribution in [-0.4, -0.2) is 36.9 Å². The average Bonchev–Trinajstić information content (AvgIpc) is 2.42. The number of nitrogens with one attached hydrogen (secondary N) is 2. The van der Waals surface area contributed by atoms with Gasteiger partial charge in [-0.2, -0.15) is 0 Å². The van der Waals surface area contributed by atoms with Crippen LogP contribution < -0.4 is 10.6 Å². The summed E-state index contributed by atoms with van der Waals surface area (Å²) in [6.07, 6.45) is -1.09. The predicted molar refractivity (Wildman–Crippen MR) is 74.5 cm³/mol. The summed E-state index contributed by atoms with van der Waals surface area (Å²) >= 11 is 0. The van der Waals surface area contributed by atoms with Gasteiger partial charge >= 0.3 is 12.0 Å². The highest BCUT2D eigenvalue weighted by Gasteiger charge is 2.16. The van der Waals surface area contributed by atoms with Gasteiger partial charge in [0.25, 0.3) is 0 Å². The van der Waals surface area contributed by atoms with Crippen LogP contribution in [0.3, 0.4) is 0 Å². The number of aliphatic carboxylic acids is 1. The molecule has 6 nitrogen and oxygen atoms in total. The van der Waals surface area contributed by atoms with Crippen LogP contribution >= 0.6 is 0 Å². The van der Waals surface area contributed by atoms with E-state index in [-0.39, 0.29) is 18.9 Å². The van der Waals surface area contributed by atoms with Crippen LogP contribution in [0, 0.1) is 19.7 Å². The number of amides is 2. The number of carbonyl (C=O) groups excluding carboxylic acids is 1. The number of halogens is 1. The highest BCUT2D eigenvalue weighted by molar-refractivity contribution is 5.76. The van der Waals surface area contributed by atoms with Crippen molar-refractivity contribution in [1.82, 2.24) is 10.6 Å². The molecule has 0 heterocycles. The summed E-state index contributed by atoms with van der Waals surface area (Å²) in [7, 11) is 1.25. The molecule has 1 aromatic carbocycles. The molecule has 0 saturated carbocycles. The summed E-state index contributed by atoms with van der Waals surface area (Å²) < 4.78 is 18.2. The molecule has 0 radical (unpaired) electrons. The summed E-state index contributed by atoms with van der Waals surface area (Å²) in [6.45, 7) is 3.39. The van der Waals surface area contributed by atoms with Crippen LogP contribution in [-0.2, 0) is 16.1 Å². The smallest absolute Gasteiger partial charge is 0.334 e. The maximum Gasteiger partial charge on any atom is 0.334 e. The van der Waals surface area contributed by atoms with Gasteiger partial charge in [0.2, 0.25) is 0 Å². The Balaban J connectivity index is 2.48. The number of carboxylic acids is 1. The van der Waals surface area contributed by atoms with E-state index in [4.69, 9.17) is 5.11 Å². The normalized spacial score (nSPS) is 11.8. The quantitative estimate of drug-likeness (QED) is 0.739. The first-order valence-corrected chi connectivity index (χ1v) is 6.38. The number of hydrogen-bond donors (Lipinski definition) is 3.